The van der Waals surface area contributed by atoms with E-state index in [2.05, 4.69) is 4.90 Å². The molecule has 2 N–H and O–H groups in total. The summed E-state index contributed by atoms with van der Waals surface area (Å²) in [7, 11) is 0. The van der Waals surface area contributed by atoms with Crippen molar-refractivity contribution in [3.05, 3.63) is 0 Å². The molecule has 3 aliphatic rings. The molecule has 116 valence electrons. The van der Waals surface area contributed by atoms with Crippen molar-refractivity contribution in [1.29, 1.82) is 0 Å². The molecule has 20 heavy (non-hydrogen) atoms. The first kappa shape index (κ1) is 14.8. The van der Waals surface area contributed by atoms with E-state index in [9.17, 15) is 0 Å². The molecule has 3 nitrogen and oxygen atoms in total. The van der Waals surface area contributed by atoms with E-state index in [-0.39, 0.29) is 5.60 Å². The lowest BCUT2D eigenvalue weighted by Gasteiger charge is -2.40. The second-order valence-electron chi connectivity index (χ2n) is 7.24. The van der Waals surface area contributed by atoms with Crippen LogP contribution in [0, 0.1) is 0 Å². The lowest BCUT2D eigenvalue weighted by atomic mass is 9.83. The van der Waals surface area contributed by atoms with E-state index in [0.29, 0.717) is 6.10 Å². The number of nitrogens with zero attached hydrogens (tertiary/aromatic N) is 1. The summed E-state index contributed by atoms with van der Waals surface area (Å²) in [5, 5.41) is 0. The minimum Gasteiger partial charge on any atom is -0.370 e. The Morgan fingerprint density at radius 3 is 2.45 bits per heavy atom. The Kier molecular flexibility index (Phi) is 5.00. The maximum absolute atomic E-state index is 6.55. The topological polar surface area (TPSA) is 38.5 Å². The third-order valence-corrected chi connectivity index (χ3v) is 5.78. The Morgan fingerprint density at radius 1 is 1.00 bits per heavy atom. The van der Waals surface area contributed by atoms with E-state index in [0.717, 1.165) is 25.6 Å². The Labute approximate surface area is 124 Å². The van der Waals surface area contributed by atoms with Crippen molar-refractivity contribution in [2.24, 2.45) is 5.73 Å². The van der Waals surface area contributed by atoms with Crippen LogP contribution in [0.25, 0.3) is 0 Å². The van der Waals surface area contributed by atoms with Gasteiger partial charge in [-0.3, -0.25) is 4.90 Å². The van der Waals surface area contributed by atoms with Crippen LogP contribution in [0.2, 0.25) is 0 Å². The highest BCUT2D eigenvalue weighted by Gasteiger charge is 2.41. The van der Waals surface area contributed by atoms with E-state index in [1.165, 1.54) is 70.8 Å². The van der Waals surface area contributed by atoms with Crippen molar-refractivity contribution >= 4 is 0 Å². The summed E-state index contributed by atoms with van der Waals surface area (Å²) < 4.78 is 6.55. The van der Waals surface area contributed by atoms with Gasteiger partial charge in [0, 0.05) is 12.6 Å². The molecular weight excluding hydrogens is 248 g/mol. The van der Waals surface area contributed by atoms with Crippen LogP contribution >= 0.6 is 0 Å². The van der Waals surface area contributed by atoms with Crippen molar-refractivity contribution in [2.45, 2.75) is 88.4 Å². The molecule has 0 bridgehead atoms. The molecule has 1 aliphatic heterocycles. The van der Waals surface area contributed by atoms with Gasteiger partial charge in [0.15, 0.2) is 0 Å². The zero-order valence-corrected chi connectivity index (χ0v) is 13.0. The molecule has 1 atom stereocenters. The highest BCUT2D eigenvalue weighted by atomic mass is 16.5. The summed E-state index contributed by atoms with van der Waals surface area (Å²) >= 11 is 0. The first-order chi connectivity index (χ1) is 9.81. The predicted molar refractivity (Wildman–Crippen MR) is 82.8 cm³/mol. The molecule has 3 heteroatoms. The van der Waals surface area contributed by atoms with E-state index in [4.69, 9.17) is 10.5 Å². The average Bonchev–Trinajstić information content (AvgIpc) is 2.77. The van der Waals surface area contributed by atoms with Gasteiger partial charge in [-0.25, -0.2) is 0 Å². The van der Waals surface area contributed by atoms with Crippen LogP contribution < -0.4 is 5.73 Å². The standard InChI is InChI=1S/C17H32N2O/c18-12-5-13-19(15-6-4-7-15)14-16-8-11-17(20-16)9-2-1-3-10-17/h15-16H,1-14,18H2. The highest BCUT2D eigenvalue weighted by molar-refractivity contribution is 4.93. The third-order valence-electron chi connectivity index (χ3n) is 5.78. The van der Waals surface area contributed by atoms with Gasteiger partial charge in [-0.2, -0.15) is 0 Å². The van der Waals surface area contributed by atoms with E-state index >= 15 is 0 Å². The molecule has 1 spiro atoms. The number of nitrogens with two attached hydrogens (primary N) is 1. The second kappa shape index (κ2) is 6.76. The number of rotatable bonds is 6. The minimum atomic E-state index is 0.280. The van der Waals surface area contributed by atoms with Gasteiger partial charge < -0.3 is 10.5 Å². The summed E-state index contributed by atoms with van der Waals surface area (Å²) in [6, 6.07) is 0.827. The summed E-state index contributed by atoms with van der Waals surface area (Å²) in [6.45, 7) is 3.15. The molecule has 1 saturated heterocycles. The van der Waals surface area contributed by atoms with E-state index < -0.39 is 0 Å². The van der Waals surface area contributed by atoms with Crippen molar-refractivity contribution in [1.82, 2.24) is 4.90 Å². The molecule has 0 aromatic rings. The van der Waals surface area contributed by atoms with Gasteiger partial charge in [-0.05, 0) is 58.0 Å². The smallest absolute Gasteiger partial charge is 0.0710 e. The monoisotopic (exact) mass is 280 g/mol. The molecule has 1 unspecified atom stereocenters. The quantitative estimate of drug-likeness (QED) is 0.812. The minimum absolute atomic E-state index is 0.280. The van der Waals surface area contributed by atoms with Crippen LogP contribution in [-0.2, 0) is 4.74 Å². The van der Waals surface area contributed by atoms with Crippen LogP contribution in [0.3, 0.4) is 0 Å². The van der Waals surface area contributed by atoms with E-state index in [1.54, 1.807) is 0 Å². The van der Waals surface area contributed by atoms with Crippen LogP contribution in [-0.4, -0.2) is 42.3 Å². The first-order valence-electron chi connectivity index (χ1n) is 8.93. The number of hydrogen-bond acceptors (Lipinski definition) is 3. The summed E-state index contributed by atoms with van der Waals surface area (Å²) in [5.41, 5.74) is 5.98. The summed E-state index contributed by atoms with van der Waals surface area (Å²) in [6.07, 6.45) is 15.2. The molecule has 2 saturated carbocycles. The molecule has 0 aromatic heterocycles. The van der Waals surface area contributed by atoms with Gasteiger partial charge in [-0.1, -0.05) is 25.7 Å². The second-order valence-corrected chi connectivity index (χ2v) is 7.24. The van der Waals surface area contributed by atoms with Gasteiger partial charge in [0.2, 0.25) is 0 Å². The van der Waals surface area contributed by atoms with Crippen molar-refractivity contribution < 1.29 is 4.74 Å². The Balaban J connectivity index is 1.50. The zero-order chi connectivity index (χ0) is 13.8. The van der Waals surface area contributed by atoms with Gasteiger partial charge in [0.1, 0.15) is 0 Å². The largest absolute Gasteiger partial charge is 0.370 e. The molecule has 3 rings (SSSR count). The maximum atomic E-state index is 6.55. The molecule has 3 fully saturated rings. The van der Waals surface area contributed by atoms with Crippen LogP contribution in [0.4, 0.5) is 0 Å². The molecule has 0 amide bonds. The fourth-order valence-electron chi connectivity index (χ4n) is 4.32. The molecular formula is C17H32N2O. The lowest BCUT2D eigenvalue weighted by Crippen LogP contribution is -2.45. The maximum Gasteiger partial charge on any atom is 0.0710 e. The zero-order valence-electron chi connectivity index (χ0n) is 13.0. The predicted octanol–water partition coefficient (Wildman–Crippen LogP) is 3.07. The van der Waals surface area contributed by atoms with Crippen LogP contribution in [0.5, 0.6) is 0 Å². The van der Waals surface area contributed by atoms with Crippen LogP contribution in [0.1, 0.15) is 70.6 Å². The molecule has 0 radical (unpaired) electrons. The van der Waals surface area contributed by atoms with Gasteiger partial charge in [-0.15, -0.1) is 0 Å². The van der Waals surface area contributed by atoms with E-state index in [1.807, 2.05) is 0 Å². The third kappa shape index (κ3) is 3.37. The fourth-order valence-corrected chi connectivity index (χ4v) is 4.32. The fraction of sp³-hybridized carbons (Fsp3) is 1.00. The van der Waals surface area contributed by atoms with Gasteiger partial charge in [0.25, 0.3) is 0 Å². The number of ether oxygens (including phenoxy) is 1. The lowest BCUT2D eigenvalue weighted by molar-refractivity contribution is -0.0774. The van der Waals surface area contributed by atoms with Gasteiger partial charge in [0.05, 0.1) is 11.7 Å². The number of hydrogen-bond donors (Lipinski definition) is 1. The van der Waals surface area contributed by atoms with Crippen molar-refractivity contribution in [2.75, 3.05) is 19.6 Å². The molecule has 0 aromatic carbocycles. The molecule has 2 aliphatic carbocycles. The normalized spacial score (nSPS) is 30.0. The summed E-state index contributed by atoms with van der Waals surface area (Å²) in [4.78, 5) is 2.68. The first-order valence-corrected chi connectivity index (χ1v) is 8.93. The van der Waals surface area contributed by atoms with Crippen LogP contribution in [0.15, 0.2) is 0 Å². The highest BCUT2D eigenvalue weighted by Crippen LogP contribution is 2.42. The molecule has 1 heterocycles. The Hall–Kier alpha value is -0.120. The van der Waals surface area contributed by atoms with Crippen molar-refractivity contribution in [3.63, 3.8) is 0 Å². The van der Waals surface area contributed by atoms with Gasteiger partial charge >= 0.3 is 0 Å². The average molecular weight is 280 g/mol. The SMILES string of the molecule is NCCCN(CC1CCC2(CCCCC2)O1)C1CCC1. The Morgan fingerprint density at radius 2 is 1.80 bits per heavy atom. The van der Waals surface area contributed by atoms with Crippen molar-refractivity contribution in [3.8, 4) is 0 Å². The summed E-state index contributed by atoms with van der Waals surface area (Å²) in [5.74, 6) is 0. The Bertz CT molecular complexity index is 297.